The third kappa shape index (κ3) is 35.1. The van der Waals surface area contributed by atoms with Gasteiger partial charge in [-0.1, -0.05) is 7.96 Å². The minimum atomic E-state index is -0.347. The third-order valence-corrected chi connectivity index (χ3v) is 490. The standard InChI is InChI=1S/H71P69/c1-36-54(37(2)3)63(55(38(4)5)39(6)7)67(62(52(32)33)53(34)35)69(66(60(48(24)25)49(26)27)61(50(28)29)51(30)31)68(64(56(40(8)9)41(10)11)57(42(12)13)43(14)15)65(58(44(16)17)45(18)19)59(46(20)21)47(22)23/h36H,1-35H2. The first-order valence-corrected chi connectivity index (χ1v) is 141. The van der Waals surface area contributed by atoms with Crippen LogP contribution in [0.2, 0.25) is 0 Å². The van der Waals surface area contributed by atoms with Gasteiger partial charge in [0.15, 0.2) is 0 Å². The lowest BCUT2D eigenvalue weighted by Gasteiger charge is -2.61. The number of rotatable bonds is 33. The van der Waals surface area contributed by atoms with E-state index in [2.05, 4.69) is 312 Å². The molecule has 0 saturated carbocycles. The molecule has 69 heavy (non-hydrogen) atoms. The molecule has 69 heteroatoms. The Hall–Kier alpha value is 29.7. The summed E-state index contributed by atoms with van der Waals surface area (Å²) in [5.41, 5.74) is 0. The van der Waals surface area contributed by atoms with Crippen molar-refractivity contribution in [2.45, 2.75) is 0 Å². The summed E-state index contributed by atoms with van der Waals surface area (Å²) in [7, 11) is 128. The Labute approximate surface area is 542 Å². The quantitative estimate of drug-likeness (QED) is 0.0575. The number of hydrogen-bond acceptors (Lipinski definition) is 0. The monoisotopic (exact) mass is 2210 g/mol. The van der Waals surface area contributed by atoms with E-state index in [4.69, 9.17) is 0 Å². The molecule has 0 amide bonds. The lowest BCUT2D eigenvalue weighted by atomic mass is 28.4. The largest absolute Gasteiger partial charge is 0.109 e. The average Bonchev–Trinajstić information content (AvgIpc) is 3.12. The summed E-state index contributed by atoms with van der Waals surface area (Å²) in [5, 5.41) is 0. The van der Waals surface area contributed by atoms with Crippen LogP contribution in [0.5, 0.6) is 0 Å². The van der Waals surface area contributed by atoms with Gasteiger partial charge in [0.1, 0.15) is 0 Å². The highest BCUT2D eigenvalue weighted by Crippen LogP contribution is 3.50. The molecule has 0 nitrogen and oxygen atoms in total. The second-order valence-corrected chi connectivity index (χ2v) is 294. The molecular formula is H71P69. The van der Waals surface area contributed by atoms with Gasteiger partial charge in [-0.25, -0.2) is 0 Å². The van der Waals surface area contributed by atoms with Gasteiger partial charge in [0, 0.05) is 0 Å². The summed E-state index contributed by atoms with van der Waals surface area (Å²) in [6.45, 7) is -9.06. The minimum Gasteiger partial charge on any atom is -0.109 e. The molecule has 0 rings (SSSR count). The van der Waals surface area contributed by atoms with Crippen LogP contribution in [0.4, 0.5) is 0 Å². The van der Waals surface area contributed by atoms with Gasteiger partial charge in [-0.05, 0) is 231 Å². The van der Waals surface area contributed by atoms with Crippen LogP contribution in [0.25, 0.3) is 0 Å². The predicted octanol–water partition coefficient (Wildman–Crippen LogP) is 40.4. The molecule has 0 bridgehead atoms. The van der Waals surface area contributed by atoms with E-state index in [0.29, 0.717) is 0 Å². The van der Waals surface area contributed by atoms with Crippen LogP contribution in [-0.2, 0) is 0 Å². The van der Waals surface area contributed by atoms with Gasteiger partial charge in [0.2, 0.25) is 0 Å². The molecule has 0 fully saturated rings. The van der Waals surface area contributed by atoms with Crippen molar-refractivity contribution in [3.63, 3.8) is 0 Å². The summed E-state index contributed by atoms with van der Waals surface area (Å²) in [5.74, 6) is 0. The first-order chi connectivity index (χ1) is 31.4. The Morgan fingerprint density at radius 2 is 0.232 bits per heavy atom. The predicted molar refractivity (Wildman–Crippen MR) is 577 cm³/mol. The van der Waals surface area contributed by atoms with Crippen molar-refractivity contribution in [2.75, 3.05) is 0 Å². The molecule has 0 aliphatic rings. The maximum Gasteiger partial charge on any atom is -0.00000843 e. The van der Waals surface area contributed by atoms with Crippen molar-refractivity contribution >= 4 is 551 Å². The highest BCUT2D eigenvalue weighted by molar-refractivity contribution is 9.56. The van der Waals surface area contributed by atoms with Gasteiger partial charge < -0.3 is 0 Å². The molecule has 40 atom stereocenters. The molecule has 0 aromatic carbocycles. The van der Waals surface area contributed by atoms with Gasteiger partial charge in [-0.2, -0.15) is 0 Å². The van der Waals surface area contributed by atoms with E-state index >= 15 is 0 Å². The Kier molecular flexibility index (Phi) is 77.6. The normalized spacial score (nSPS) is 16.3. The van der Waals surface area contributed by atoms with Crippen molar-refractivity contribution in [3.05, 3.63) is 0 Å². The zero-order chi connectivity index (χ0) is 54.8. The Morgan fingerprint density at radius 1 is 0.130 bits per heavy atom. The molecule has 0 aromatic rings. The lowest BCUT2D eigenvalue weighted by Crippen LogP contribution is -1.74. The average molecular weight is 2210 g/mol. The van der Waals surface area contributed by atoms with Crippen molar-refractivity contribution < 1.29 is 0 Å². The van der Waals surface area contributed by atoms with E-state index in [1.165, 1.54) is 0 Å². The molecule has 0 spiro atoms. The molecular weight excluding hydrogens is 2140 g/mol. The maximum atomic E-state index is 3.67. The first-order valence-electron chi connectivity index (χ1n) is 15.7. The van der Waals surface area contributed by atoms with E-state index in [1.807, 2.05) is 0 Å². The molecule has 0 aliphatic carbocycles. The van der Waals surface area contributed by atoms with Crippen LogP contribution in [0.15, 0.2) is 0 Å². The molecule has 0 saturated heterocycles. The van der Waals surface area contributed by atoms with Gasteiger partial charge in [0.05, 0.1) is 0 Å². The Balaban J connectivity index is 11.6. The van der Waals surface area contributed by atoms with Gasteiger partial charge in [-0.3, -0.25) is 0 Å². The smallest absolute Gasteiger partial charge is 0.00000843 e. The maximum absolute atomic E-state index is 3.67. The van der Waals surface area contributed by atoms with Gasteiger partial charge in [0.25, 0.3) is 0 Å². The molecule has 0 radical (unpaired) electrons. The summed E-state index contributed by atoms with van der Waals surface area (Å²) < 4.78 is 0. The highest BCUT2D eigenvalue weighted by atomic mass is 33.6. The fourth-order valence-electron chi connectivity index (χ4n) is 4.15. The van der Waals surface area contributed by atoms with Crippen molar-refractivity contribution in [1.29, 1.82) is 0 Å². The fourth-order valence-corrected chi connectivity index (χ4v) is 1010. The summed E-state index contributed by atoms with van der Waals surface area (Å²) in [6, 6.07) is 0. The Bertz CT molecular complexity index is 1130. The van der Waals surface area contributed by atoms with Crippen LogP contribution >= 0.6 is 551 Å². The van der Waals surface area contributed by atoms with Crippen LogP contribution < -0.4 is 0 Å². The summed E-state index contributed by atoms with van der Waals surface area (Å²) in [6.07, 6.45) is 0. The van der Waals surface area contributed by atoms with E-state index in [9.17, 15) is 0 Å². The molecule has 0 aliphatic heterocycles. The van der Waals surface area contributed by atoms with Crippen LogP contribution in [0, 0.1) is 0 Å². The molecule has 0 N–H and O–H groups in total. The van der Waals surface area contributed by atoms with Crippen LogP contribution in [0.3, 0.4) is 0 Å². The lowest BCUT2D eigenvalue weighted by molar-refractivity contribution is 4.32. The zero-order valence-electron chi connectivity index (χ0n) is 35.5. The van der Waals surface area contributed by atoms with Crippen LogP contribution in [-0.4, -0.2) is 0 Å². The fraction of sp³-hybridized carbons (Fsp3) is 0. The molecule has 0 heterocycles. The zero-order valence-corrected chi connectivity index (χ0v) is 106. The highest BCUT2D eigenvalue weighted by Gasteiger charge is 2.63. The van der Waals surface area contributed by atoms with E-state index in [0.717, 1.165) is 7.96 Å². The van der Waals surface area contributed by atoms with E-state index < -0.39 is 0 Å². The van der Waals surface area contributed by atoms with E-state index in [1.54, 1.807) is 0 Å². The van der Waals surface area contributed by atoms with E-state index in [-0.39, 0.29) is 231 Å². The summed E-state index contributed by atoms with van der Waals surface area (Å²) >= 11 is 0. The Morgan fingerprint density at radius 3 is 0.333 bits per heavy atom. The second-order valence-electron chi connectivity index (χ2n) is 10.9. The molecule has 416 valence electrons. The van der Waals surface area contributed by atoms with Crippen molar-refractivity contribution in [1.82, 2.24) is 0 Å². The first kappa shape index (κ1) is 98.7. The van der Waals surface area contributed by atoms with Gasteiger partial charge in [-0.15, -0.1) is 312 Å². The topological polar surface area (TPSA) is 0 Å². The molecule has 40 unspecified atom stereocenters. The van der Waals surface area contributed by atoms with Crippen molar-refractivity contribution in [2.24, 2.45) is 0 Å². The van der Waals surface area contributed by atoms with Crippen LogP contribution in [0.1, 0.15) is 0 Å². The van der Waals surface area contributed by atoms with Crippen molar-refractivity contribution in [3.8, 4) is 0 Å². The van der Waals surface area contributed by atoms with Gasteiger partial charge >= 0.3 is 0 Å². The second kappa shape index (κ2) is 54.3. The summed E-state index contributed by atoms with van der Waals surface area (Å²) in [4.78, 5) is 0. The SMILES string of the molecule is PPP(P(P)P)P(P(P(P)P)P(P)P)P(P(P(P)P)P(P)P)P(P(P(P(P)P)P(P)P)P(P(P)P)P(P)P)P(P(P(P(P)P)P(P)P)P(P(P)P)P(P)P)P(P(P(P)P)P(P)P)P(P(P)P)P(P)P. The minimum absolute atomic E-state index is 0.172. The third-order valence-electron chi connectivity index (χ3n) is 6.05. The number of hydrogen-bond donors (Lipinski definition) is 0. The molecule has 0 aromatic heterocycles.